The minimum atomic E-state index is -0.243. The van der Waals surface area contributed by atoms with E-state index in [-0.39, 0.29) is 30.7 Å². The van der Waals surface area contributed by atoms with Gasteiger partial charge in [0.25, 0.3) is 5.91 Å². The third-order valence-electron chi connectivity index (χ3n) is 3.54. The SMILES string of the molecule is CN(C)CCOC(=O)CCCN1C(=O)/C(=C/c2ccccc2)SC1=S.Cl. The Morgan fingerprint density at radius 3 is 2.65 bits per heavy atom. The highest BCUT2D eigenvalue weighted by molar-refractivity contribution is 8.26. The van der Waals surface area contributed by atoms with Gasteiger partial charge in [-0.15, -0.1) is 12.4 Å². The molecule has 0 saturated carbocycles. The molecule has 0 bridgehead atoms. The molecule has 0 aromatic heterocycles. The van der Waals surface area contributed by atoms with Gasteiger partial charge in [0.15, 0.2) is 0 Å². The lowest BCUT2D eigenvalue weighted by atomic mass is 10.2. The topological polar surface area (TPSA) is 49.9 Å². The molecule has 0 aliphatic carbocycles. The highest BCUT2D eigenvalue weighted by atomic mass is 35.5. The Labute approximate surface area is 170 Å². The van der Waals surface area contributed by atoms with Crippen molar-refractivity contribution < 1.29 is 14.3 Å². The summed E-state index contributed by atoms with van der Waals surface area (Å²) in [5.74, 6) is -0.341. The number of halogens is 1. The van der Waals surface area contributed by atoms with E-state index in [2.05, 4.69) is 0 Å². The van der Waals surface area contributed by atoms with E-state index in [0.29, 0.717) is 35.3 Å². The number of thiocarbonyl (C=S) groups is 1. The second-order valence-corrected chi connectivity index (χ2v) is 7.55. The molecule has 1 aliphatic rings. The average Bonchev–Trinajstić information content (AvgIpc) is 2.83. The van der Waals surface area contributed by atoms with Crippen LogP contribution in [0.15, 0.2) is 35.2 Å². The quantitative estimate of drug-likeness (QED) is 0.370. The molecule has 5 nitrogen and oxygen atoms in total. The molecule has 1 fully saturated rings. The molecule has 1 aromatic carbocycles. The molecule has 0 atom stereocenters. The highest BCUT2D eigenvalue weighted by Crippen LogP contribution is 2.32. The van der Waals surface area contributed by atoms with Gasteiger partial charge in [-0.25, -0.2) is 0 Å². The van der Waals surface area contributed by atoms with Crippen molar-refractivity contribution in [2.75, 3.05) is 33.8 Å². The van der Waals surface area contributed by atoms with Gasteiger partial charge in [-0.2, -0.15) is 0 Å². The number of benzene rings is 1. The molecule has 8 heteroatoms. The summed E-state index contributed by atoms with van der Waals surface area (Å²) in [6.07, 6.45) is 2.66. The summed E-state index contributed by atoms with van der Waals surface area (Å²) in [6.45, 7) is 1.51. The summed E-state index contributed by atoms with van der Waals surface area (Å²) >= 11 is 6.59. The van der Waals surface area contributed by atoms with Crippen molar-refractivity contribution >= 4 is 58.7 Å². The fourth-order valence-corrected chi connectivity index (χ4v) is 3.50. The van der Waals surface area contributed by atoms with Crippen molar-refractivity contribution in [2.24, 2.45) is 0 Å². The number of carbonyl (C=O) groups is 2. The number of esters is 1. The van der Waals surface area contributed by atoms with E-state index in [1.807, 2.05) is 55.4 Å². The van der Waals surface area contributed by atoms with Gasteiger partial charge in [0.2, 0.25) is 0 Å². The highest BCUT2D eigenvalue weighted by Gasteiger charge is 2.31. The van der Waals surface area contributed by atoms with Crippen LogP contribution >= 0.6 is 36.4 Å². The Bertz CT molecular complexity index is 666. The molecule has 1 heterocycles. The van der Waals surface area contributed by atoms with Gasteiger partial charge >= 0.3 is 5.97 Å². The van der Waals surface area contributed by atoms with Crippen molar-refractivity contribution in [3.8, 4) is 0 Å². The predicted octanol–water partition coefficient (Wildman–Crippen LogP) is 3.19. The minimum absolute atomic E-state index is 0. The molecule has 0 spiro atoms. The summed E-state index contributed by atoms with van der Waals surface area (Å²) in [5, 5.41) is 0. The number of carbonyl (C=O) groups excluding carboxylic acids is 2. The number of rotatable bonds is 8. The first-order valence-corrected chi connectivity index (χ1v) is 9.30. The van der Waals surface area contributed by atoms with Crippen LogP contribution in [0.4, 0.5) is 0 Å². The van der Waals surface area contributed by atoms with Crippen molar-refractivity contribution in [3.63, 3.8) is 0 Å². The van der Waals surface area contributed by atoms with Gasteiger partial charge in [0, 0.05) is 19.5 Å². The normalized spacial score (nSPS) is 15.5. The molecule has 1 aromatic rings. The summed E-state index contributed by atoms with van der Waals surface area (Å²) in [7, 11) is 3.85. The van der Waals surface area contributed by atoms with Gasteiger partial charge in [0.05, 0.1) is 4.91 Å². The second-order valence-electron chi connectivity index (χ2n) is 5.87. The maximum Gasteiger partial charge on any atom is 0.305 e. The Balaban J connectivity index is 0.00000338. The van der Waals surface area contributed by atoms with Crippen LogP contribution in [0.1, 0.15) is 18.4 Å². The lowest BCUT2D eigenvalue weighted by Gasteiger charge is -2.14. The molecule has 0 N–H and O–H groups in total. The molecular formula is C18H23ClN2O3S2. The van der Waals surface area contributed by atoms with Gasteiger partial charge in [-0.05, 0) is 32.2 Å². The Kier molecular flexibility index (Phi) is 9.87. The van der Waals surface area contributed by atoms with Gasteiger partial charge < -0.3 is 9.64 Å². The number of thioether (sulfide) groups is 1. The monoisotopic (exact) mass is 414 g/mol. The maximum absolute atomic E-state index is 12.5. The molecule has 1 saturated heterocycles. The summed E-state index contributed by atoms with van der Waals surface area (Å²) in [6, 6.07) is 9.66. The van der Waals surface area contributed by atoms with Crippen molar-refractivity contribution in [1.82, 2.24) is 9.80 Å². The Hall–Kier alpha value is -1.41. The fraction of sp³-hybridized carbons (Fsp3) is 0.389. The average molecular weight is 415 g/mol. The largest absolute Gasteiger partial charge is 0.464 e. The Morgan fingerprint density at radius 1 is 1.31 bits per heavy atom. The predicted molar refractivity (Wildman–Crippen MR) is 112 cm³/mol. The lowest BCUT2D eigenvalue weighted by Crippen LogP contribution is -2.29. The molecule has 1 amide bonds. The Morgan fingerprint density at radius 2 is 2.00 bits per heavy atom. The van der Waals surface area contributed by atoms with Crippen LogP contribution < -0.4 is 0 Å². The van der Waals surface area contributed by atoms with E-state index in [4.69, 9.17) is 17.0 Å². The molecule has 0 unspecified atom stereocenters. The molecule has 26 heavy (non-hydrogen) atoms. The molecule has 2 rings (SSSR count). The van der Waals surface area contributed by atoms with E-state index < -0.39 is 0 Å². The first-order chi connectivity index (χ1) is 12.0. The fourth-order valence-electron chi connectivity index (χ4n) is 2.19. The third-order valence-corrected chi connectivity index (χ3v) is 4.91. The summed E-state index contributed by atoms with van der Waals surface area (Å²) in [4.78, 5) is 28.3. The van der Waals surface area contributed by atoms with Crippen LogP contribution in [-0.4, -0.2) is 59.8 Å². The van der Waals surface area contributed by atoms with Gasteiger partial charge in [-0.3, -0.25) is 14.5 Å². The number of ether oxygens (including phenoxy) is 1. The van der Waals surface area contributed by atoms with E-state index in [1.54, 1.807) is 4.90 Å². The van der Waals surface area contributed by atoms with E-state index >= 15 is 0 Å². The number of nitrogens with zero attached hydrogens (tertiary/aromatic N) is 2. The van der Waals surface area contributed by atoms with Crippen LogP contribution in [0.25, 0.3) is 6.08 Å². The summed E-state index contributed by atoms with van der Waals surface area (Å²) < 4.78 is 5.67. The maximum atomic E-state index is 12.5. The zero-order chi connectivity index (χ0) is 18.2. The van der Waals surface area contributed by atoms with Crippen LogP contribution in [0.2, 0.25) is 0 Å². The summed E-state index contributed by atoms with van der Waals surface area (Å²) in [5.41, 5.74) is 0.965. The van der Waals surface area contributed by atoms with E-state index in [1.165, 1.54) is 11.8 Å². The van der Waals surface area contributed by atoms with Crippen molar-refractivity contribution in [2.45, 2.75) is 12.8 Å². The molecule has 1 aliphatic heterocycles. The lowest BCUT2D eigenvalue weighted by molar-refractivity contribution is -0.144. The second kappa shape index (κ2) is 11.3. The zero-order valence-electron chi connectivity index (χ0n) is 14.8. The molecule has 0 radical (unpaired) electrons. The van der Waals surface area contributed by atoms with Gasteiger partial charge in [-0.1, -0.05) is 54.3 Å². The van der Waals surface area contributed by atoms with Gasteiger partial charge in [0.1, 0.15) is 10.9 Å². The van der Waals surface area contributed by atoms with Crippen LogP contribution in [-0.2, 0) is 14.3 Å². The minimum Gasteiger partial charge on any atom is -0.464 e. The van der Waals surface area contributed by atoms with Crippen LogP contribution in [0, 0.1) is 0 Å². The number of amides is 1. The molecule has 142 valence electrons. The van der Waals surface area contributed by atoms with E-state index in [0.717, 1.165) is 5.56 Å². The van der Waals surface area contributed by atoms with E-state index in [9.17, 15) is 9.59 Å². The number of likely N-dealkylation sites (N-methyl/N-ethyl adjacent to an activating group) is 1. The zero-order valence-corrected chi connectivity index (χ0v) is 17.3. The first-order valence-electron chi connectivity index (χ1n) is 8.08. The molecular weight excluding hydrogens is 392 g/mol. The standard InChI is InChI=1S/C18H22N2O3S2.ClH/c1-19(2)11-12-23-16(21)9-6-10-20-17(22)15(25-18(20)24)13-14-7-4-3-5-8-14;/h3-5,7-8,13H,6,9-12H2,1-2H3;1H/b15-13-;. The van der Waals surface area contributed by atoms with Crippen molar-refractivity contribution in [3.05, 3.63) is 40.8 Å². The number of hydrogen-bond acceptors (Lipinski definition) is 6. The first kappa shape index (κ1) is 22.6. The van der Waals surface area contributed by atoms with Crippen LogP contribution in [0.5, 0.6) is 0 Å². The smallest absolute Gasteiger partial charge is 0.305 e. The van der Waals surface area contributed by atoms with Crippen LogP contribution in [0.3, 0.4) is 0 Å². The number of hydrogen-bond donors (Lipinski definition) is 0. The third kappa shape index (κ3) is 7.07. The van der Waals surface area contributed by atoms with Crippen molar-refractivity contribution in [1.29, 1.82) is 0 Å².